The quantitative estimate of drug-likeness (QED) is 0.364. The molecule has 1 aliphatic heterocycles. The van der Waals surface area contributed by atoms with Crippen LogP contribution in [0.5, 0.6) is 17.2 Å². The van der Waals surface area contributed by atoms with E-state index < -0.39 is 22.0 Å². The number of fused-ring (bicyclic) bond motifs is 1. The molecule has 196 valence electrons. The molecule has 10 nitrogen and oxygen atoms in total. The van der Waals surface area contributed by atoms with Crippen molar-refractivity contribution in [2.75, 3.05) is 30.4 Å². The molecule has 3 aromatic carbocycles. The maximum absolute atomic E-state index is 13.6. The molecule has 0 fully saturated rings. The van der Waals surface area contributed by atoms with Crippen molar-refractivity contribution in [2.45, 2.75) is 17.9 Å². The SMILES string of the molecule is COc1ccc(-c2nnc(NC(=O)[C@H]3CN(S(=O)(=O)c4ccc(OC)cc4)c4ccc(C)cc4O3)s2)cc1. The molecule has 2 heterocycles. The van der Waals surface area contributed by atoms with Crippen LogP contribution in [-0.2, 0) is 14.8 Å². The first-order valence-electron chi connectivity index (χ1n) is 11.5. The van der Waals surface area contributed by atoms with E-state index in [2.05, 4.69) is 15.5 Å². The fraction of sp³-hybridized carbons (Fsp3) is 0.192. The Balaban J connectivity index is 1.40. The summed E-state index contributed by atoms with van der Waals surface area (Å²) in [5.41, 5.74) is 2.03. The van der Waals surface area contributed by atoms with Crippen molar-refractivity contribution in [1.29, 1.82) is 0 Å². The second-order valence-corrected chi connectivity index (χ2v) is 11.3. The predicted molar refractivity (Wildman–Crippen MR) is 144 cm³/mol. The van der Waals surface area contributed by atoms with Crippen molar-refractivity contribution in [3.05, 3.63) is 72.3 Å². The summed E-state index contributed by atoms with van der Waals surface area (Å²) in [4.78, 5) is 13.3. The summed E-state index contributed by atoms with van der Waals surface area (Å²) in [5, 5.41) is 11.8. The maximum atomic E-state index is 13.6. The van der Waals surface area contributed by atoms with Crippen LogP contribution in [0.3, 0.4) is 0 Å². The number of ether oxygens (including phenoxy) is 3. The van der Waals surface area contributed by atoms with E-state index in [9.17, 15) is 13.2 Å². The number of anilines is 2. The first-order chi connectivity index (χ1) is 18.3. The van der Waals surface area contributed by atoms with Crippen LogP contribution >= 0.6 is 11.3 Å². The molecule has 0 spiro atoms. The standard InChI is InChI=1S/C26H24N4O6S2/c1-16-4-13-21-22(14-16)36-23(15-30(21)38(32,33)20-11-9-19(35-3)10-12-20)24(31)27-26-29-28-25(37-26)17-5-7-18(34-2)8-6-17/h4-14,23H,15H2,1-3H3,(H,27,29,31)/t23-/m1/s1. The Morgan fingerprint density at radius 3 is 2.32 bits per heavy atom. The number of amides is 1. The number of rotatable bonds is 7. The molecule has 0 radical (unpaired) electrons. The van der Waals surface area contributed by atoms with Crippen LogP contribution < -0.4 is 23.8 Å². The van der Waals surface area contributed by atoms with Gasteiger partial charge in [0, 0.05) is 5.56 Å². The minimum atomic E-state index is -4.01. The smallest absolute Gasteiger partial charge is 0.269 e. The molecule has 1 amide bonds. The third-order valence-corrected chi connectivity index (χ3v) is 8.60. The van der Waals surface area contributed by atoms with Crippen molar-refractivity contribution in [3.63, 3.8) is 0 Å². The Morgan fingerprint density at radius 1 is 1.00 bits per heavy atom. The molecule has 4 aromatic rings. The molecule has 0 saturated carbocycles. The summed E-state index contributed by atoms with van der Waals surface area (Å²) in [5.74, 6) is 1.00. The summed E-state index contributed by atoms with van der Waals surface area (Å²) in [7, 11) is -0.916. The third-order valence-electron chi connectivity index (χ3n) is 5.92. The number of methoxy groups -OCH3 is 2. The molecule has 0 aliphatic carbocycles. The van der Waals surface area contributed by atoms with Crippen LogP contribution in [0.4, 0.5) is 10.8 Å². The van der Waals surface area contributed by atoms with Crippen LogP contribution in [0.25, 0.3) is 10.6 Å². The number of hydrogen-bond donors (Lipinski definition) is 1. The lowest BCUT2D eigenvalue weighted by Gasteiger charge is -2.34. The number of benzene rings is 3. The average Bonchev–Trinajstić information content (AvgIpc) is 3.40. The van der Waals surface area contributed by atoms with Gasteiger partial charge in [-0.2, -0.15) is 0 Å². The number of nitrogens with zero attached hydrogens (tertiary/aromatic N) is 3. The first kappa shape index (κ1) is 25.5. The van der Waals surface area contributed by atoms with Crippen LogP contribution in [-0.4, -0.2) is 51.4 Å². The first-order valence-corrected chi connectivity index (χ1v) is 13.8. The minimum Gasteiger partial charge on any atom is -0.497 e. The zero-order valence-corrected chi connectivity index (χ0v) is 22.4. The highest BCUT2D eigenvalue weighted by atomic mass is 32.2. The van der Waals surface area contributed by atoms with Crippen LogP contribution in [0.1, 0.15) is 5.56 Å². The minimum absolute atomic E-state index is 0.0686. The molecule has 38 heavy (non-hydrogen) atoms. The highest BCUT2D eigenvalue weighted by Crippen LogP contribution is 2.38. The highest BCUT2D eigenvalue weighted by Gasteiger charge is 2.38. The number of aromatic nitrogens is 2. The van der Waals surface area contributed by atoms with Gasteiger partial charge in [-0.05, 0) is 73.2 Å². The number of carbonyl (C=O) groups is 1. The molecule has 0 saturated heterocycles. The second kappa shape index (κ2) is 10.3. The summed E-state index contributed by atoms with van der Waals surface area (Å²) < 4.78 is 44.8. The van der Waals surface area contributed by atoms with E-state index >= 15 is 0 Å². The fourth-order valence-electron chi connectivity index (χ4n) is 3.91. The van der Waals surface area contributed by atoms with Gasteiger partial charge in [0.2, 0.25) is 5.13 Å². The number of carbonyl (C=O) groups excluding carboxylic acids is 1. The fourth-order valence-corrected chi connectivity index (χ4v) is 6.14. The van der Waals surface area contributed by atoms with Crippen molar-refractivity contribution >= 4 is 38.1 Å². The van der Waals surface area contributed by atoms with Crippen molar-refractivity contribution in [2.24, 2.45) is 0 Å². The summed E-state index contributed by atoms with van der Waals surface area (Å²) in [6.07, 6.45) is -1.12. The second-order valence-electron chi connectivity index (χ2n) is 8.42. The van der Waals surface area contributed by atoms with E-state index in [0.29, 0.717) is 27.9 Å². The normalized spacial score (nSPS) is 14.8. The molecule has 0 unspecified atom stereocenters. The van der Waals surface area contributed by atoms with Crippen molar-refractivity contribution in [1.82, 2.24) is 10.2 Å². The Bertz CT molecular complexity index is 1570. The monoisotopic (exact) mass is 552 g/mol. The van der Waals surface area contributed by atoms with E-state index in [1.54, 1.807) is 37.4 Å². The van der Waals surface area contributed by atoms with Gasteiger partial charge in [-0.3, -0.25) is 14.4 Å². The van der Waals surface area contributed by atoms with Crippen LogP contribution in [0.15, 0.2) is 71.6 Å². The third kappa shape index (κ3) is 5.00. The van der Waals surface area contributed by atoms with Gasteiger partial charge in [-0.1, -0.05) is 17.4 Å². The van der Waals surface area contributed by atoms with E-state index in [1.165, 1.54) is 34.9 Å². The van der Waals surface area contributed by atoms with Gasteiger partial charge in [-0.25, -0.2) is 8.42 Å². The molecule has 12 heteroatoms. The zero-order valence-electron chi connectivity index (χ0n) is 20.7. The summed E-state index contributed by atoms with van der Waals surface area (Å²) in [6.45, 7) is 1.64. The number of sulfonamides is 1. The lowest BCUT2D eigenvalue weighted by Crippen LogP contribution is -2.48. The van der Waals surface area contributed by atoms with Gasteiger partial charge < -0.3 is 14.2 Å². The van der Waals surface area contributed by atoms with E-state index in [4.69, 9.17) is 14.2 Å². The van der Waals surface area contributed by atoms with Crippen molar-refractivity contribution in [3.8, 4) is 27.8 Å². The largest absolute Gasteiger partial charge is 0.497 e. The molecule has 1 atom stereocenters. The van der Waals surface area contributed by atoms with E-state index in [-0.39, 0.29) is 16.6 Å². The molecular weight excluding hydrogens is 528 g/mol. The lowest BCUT2D eigenvalue weighted by molar-refractivity contribution is -0.122. The van der Waals surface area contributed by atoms with Gasteiger partial charge in [0.05, 0.1) is 31.3 Å². The van der Waals surface area contributed by atoms with E-state index in [0.717, 1.165) is 11.1 Å². The Labute approximate surface area is 223 Å². The highest BCUT2D eigenvalue weighted by molar-refractivity contribution is 7.92. The summed E-state index contributed by atoms with van der Waals surface area (Å²) >= 11 is 1.19. The maximum Gasteiger partial charge on any atom is 0.269 e. The molecular formula is C26H24N4O6S2. The molecule has 0 bridgehead atoms. The van der Waals surface area contributed by atoms with Gasteiger partial charge in [0.25, 0.3) is 15.9 Å². The van der Waals surface area contributed by atoms with Gasteiger partial charge >= 0.3 is 0 Å². The Morgan fingerprint density at radius 2 is 1.66 bits per heavy atom. The number of nitrogens with one attached hydrogen (secondary N) is 1. The zero-order chi connectivity index (χ0) is 26.9. The topological polar surface area (TPSA) is 120 Å². The number of aryl methyl sites for hydroxylation is 1. The molecule has 5 rings (SSSR count). The lowest BCUT2D eigenvalue weighted by atomic mass is 10.1. The average molecular weight is 553 g/mol. The van der Waals surface area contributed by atoms with E-state index in [1.807, 2.05) is 31.2 Å². The van der Waals surface area contributed by atoms with Gasteiger partial charge in [0.1, 0.15) is 22.3 Å². The van der Waals surface area contributed by atoms with Gasteiger partial charge in [0.15, 0.2) is 6.10 Å². The molecule has 1 aliphatic rings. The molecule has 1 aromatic heterocycles. The van der Waals surface area contributed by atoms with Crippen LogP contribution in [0, 0.1) is 6.92 Å². The van der Waals surface area contributed by atoms with Crippen LogP contribution in [0.2, 0.25) is 0 Å². The summed E-state index contributed by atoms with van der Waals surface area (Å²) in [6, 6.07) is 18.6. The number of hydrogen-bond acceptors (Lipinski definition) is 9. The Kier molecular flexibility index (Phi) is 6.91. The Hall–Kier alpha value is -4.16. The van der Waals surface area contributed by atoms with Crippen molar-refractivity contribution < 1.29 is 27.4 Å². The molecule has 1 N–H and O–H groups in total. The predicted octanol–water partition coefficient (Wildman–Crippen LogP) is 4.13. The van der Waals surface area contributed by atoms with Gasteiger partial charge in [-0.15, -0.1) is 10.2 Å².